The third-order valence-corrected chi connectivity index (χ3v) is 4.47. The van der Waals surface area contributed by atoms with E-state index in [9.17, 15) is 5.11 Å². The average molecular weight is 232 g/mol. The first-order valence-corrected chi connectivity index (χ1v) is 6.32. The van der Waals surface area contributed by atoms with Crippen molar-refractivity contribution in [1.29, 1.82) is 0 Å². The first-order valence-electron chi connectivity index (χ1n) is 6.32. The van der Waals surface area contributed by atoms with Crippen LogP contribution in [0.5, 0.6) is 0 Å². The third kappa shape index (κ3) is 1.53. The van der Waals surface area contributed by atoms with Gasteiger partial charge in [0.05, 0.1) is 6.10 Å². The lowest BCUT2D eigenvalue weighted by atomic mass is 9.60. The fourth-order valence-corrected chi connectivity index (χ4v) is 3.45. The van der Waals surface area contributed by atoms with Gasteiger partial charge in [0.25, 0.3) is 0 Å². The highest BCUT2D eigenvalue weighted by atomic mass is 16.3. The van der Waals surface area contributed by atoms with Crippen molar-refractivity contribution < 1.29 is 5.11 Å². The molecular formula is C14H20N2O. The lowest BCUT2D eigenvalue weighted by molar-refractivity contribution is -0.0717. The van der Waals surface area contributed by atoms with Gasteiger partial charge < -0.3 is 15.7 Å². The minimum atomic E-state index is -0.278. The molecule has 0 saturated carbocycles. The van der Waals surface area contributed by atoms with Crippen LogP contribution < -0.4 is 10.6 Å². The molecule has 0 amide bonds. The maximum atomic E-state index is 10.8. The molecule has 0 spiro atoms. The van der Waals surface area contributed by atoms with Gasteiger partial charge in [-0.15, -0.1) is 0 Å². The highest BCUT2D eigenvalue weighted by molar-refractivity contribution is 5.32. The summed E-state index contributed by atoms with van der Waals surface area (Å²) in [6.45, 7) is 5.63. The summed E-state index contributed by atoms with van der Waals surface area (Å²) in [7, 11) is 0. The Bertz CT molecular complexity index is 394. The molecule has 3 rings (SSSR count). The van der Waals surface area contributed by atoms with E-state index >= 15 is 0 Å². The highest BCUT2D eigenvalue weighted by Gasteiger charge is 2.54. The summed E-state index contributed by atoms with van der Waals surface area (Å²) in [5.41, 5.74) is 0.997. The first-order chi connectivity index (χ1) is 8.17. The van der Waals surface area contributed by atoms with Crippen LogP contribution in [0.2, 0.25) is 0 Å². The average Bonchev–Trinajstić information content (AvgIpc) is 2.33. The van der Waals surface area contributed by atoms with Gasteiger partial charge in [0.1, 0.15) is 0 Å². The van der Waals surface area contributed by atoms with Crippen molar-refractivity contribution in [2.24, 2.45) is 5.41 Å². The molecule has 2 aliphatic heterocycles. The van der Waals surface area contributed by atoms with Crippen LogP contribution in [0.3, 0.4) is 0 Å². The number of hydrogen-bond acceptors (Lipinski definition) is 3. The Morgan fingerprint density at radius 3 is 2.24 bits per heavy atom. The molecule has 17 heavy (non-hydrogen) atoms. The van der Waals surface area contributed by atoms with Gasteiger partial charge in [-0.05, 0) is 5.56 Å². The van der Waals surface area contributed by atoms with E-state index in [1.165, 1.54) is 5.56 Å². The van der Waals surface area contributed by atoms with Crippen molar-refractivity contribution in [3.63, 3.8) is 0 Å². The molecule has 1 aromatic rings. The van der Waals surface area contributed by atoms with Crippen LogP contribution in [0.15, 0.2) is 30.3 Å². The largest absolute Gasteiger partial charge is 0.391 e. The molecular weight excluding hydrogens is 212 g/mol. The van der Waals surface area contributed by atoms with E-state index in [0.717, 1.165) is 26.2 Å². The Labute approximate surface area is 102 Å². The number of rotatable bonds is 1. The second-order valence-electron chi connectivity index (χ2n) is 5.79. The molecule has 92 valence electrons. The maximum Gasteiger partial charge on any atom is 0.0739 e. The van der Waals surface area contributed by atoms with E-state index in [0.29, 0.717) is 0 Å². The molecule has 3 N–H and O–H groups in total. The fraction of sp³-hybridized carbons (Fsp3) is 0.571. The minimum Gasteiger partial charge on any atom is -0.391 e. The van der Waals surface area contributed by atoms with E-state index in [-0.39, 0.29) is 16.9 Å². The summed E-state index contributed by atoms with van der Waals surface area (Å²) in [5.74, 6) is 0. The SMILES string of the molecule is CC12CNCC(c3ccccc3)(CNC1)C2O. The molecule has 2 saturated heterocycles. The predicted molar refractivity (Wildman–Crippen MR) is 68.0 cm³/mol. The summed E-state index contributed by atoms with van der Waals surface area (Å²) in [4.78, 5) is 0. The summed E-state index contributed by atoms with van der Waals surface area (Å²) < 4.78 is 0. The molecule has 1 unspecified atom stereocenters. The zero-order valence-electron chi connectivity index (χ0n) is 10.2. The van der Waals surface area contributed by atoms with Gasteiger partial charge >= 0.3 is 0 Å². The van der Waals surface area contributed by atoms with Crippen LogP contribution in [-0.4, -0.2) is 37.4 Å². The molecule has 2 aliphatic rings. The second-order valence-corrected chi connectivity index (χ2v) is 5.79. The van der Waals surface area contributed by atoms with Crippen molar-refractivity contribution in [3.8, 4) is 0 Å². The Hall–Kier alpha value is -0.900. The van der Waals surface area contributed by atoms with Crippen molar-refractivity contribution in [2.75, 3.05) is 26.2 Å². The number of aliphatic hydroxyl groups excluding tert-OH is 1. The first kappa shape index (κ1) is 11.2. The van der Waals surface area contributed by atoms with Gasteiger partial charge in [-0.25, -0.2) is 0 Å². The van der Waals surface area contributed by atoms with Gasteiger partial charge in [-0.2, -0.15) is 0 Å². The lowest BCUT2D eigenvalue weighted by Crippen LogP contribution is -2.71. The van der Waals surface area contributed by atoms with Crippen LogP contribution in [0, 0.1) is 5.41 Å². The topological polar surface area (TPSA) is 44.3 Å². The van der Waals surface area contributed by atoms with Crippen molar-refractivity contribution in [1.82, 2.24) is 10.6 Å². The quantitative estimate of drug-likeness (QED) is 0.660. The number of nitrogens with one attached hydrogen (secondary N) is 2. The van der Waals surface area contributed by atoms with Gasteiger partial charge in [-0.1, -0.05) is 37.3 Å². The predicted octanol–water partition coefficient (Wildman–Crippen LogP) is 0.498. The third-order valence-electron chi connectivity index (χ3n) is 4.47. The van der Waals surface area contributed by atoms with Crippen LogP contribution in [0.1, 0.15) is 12.5 Å². The Morgan fingerprint density at radius 2 is 1.65 bits per heavy atom. The Morgan fingerprint density at radius 1 is 1.06 bits per heavy atom. The molecule has 0 aliphatic carbocycles. The molecule has 1 aromatic carbocycles. The zero-order chi connectivity index (χ0) is 11.9. The summed E-state index contributed by atoms with van der Waals surface area (Å²) in [5, 5.41) is 17.8. The van der Waals surface area contributed by atoms with E-state index in [1.54, 1.807) is 0 Å². The Kier molecular flexibility index (Phi) is 2.51. The van der Waals surface area contributed by atoms with Crippen LogP contribution in [0.25, 0.3) is 0 Å². The van der Waals surface area contributed by atoms with E-state index < -0.39 is 0 Å². The summed E-state index contributed by atoms with van der Waals surface area (Å²) >= 11 is 0. The van der Waals surface area contributed by atoms with Gasteiger partial charge in [0.2, 0.25) is 0 Å². The molecule has 1 atom stereocenters. The molecule has 3 heteroatoms. The van der Waals surface area contributed by atoms with E-state index in [2.05, 4.69) is 41.8 Å². The molecule has 2 bridgehead atoms. The standard InChI is InChI=1S/C14H20N2O/c1-13-7-15-9-14(12(13)17,10-16-8-13)11-5-3-2-4-6-11/h2-6,12,15-17H,7-10H2,1H3. The number of piperidine rings is 2. The van der Waals surface area contributed by atoms with Crippen molar-refractivity contribution in [2.45, 2.75) is 18.4 Å². The monoisotopic (exact) mass is 232 g/mol. The lowest BCUT2D eigenvalue weighted by Gasteiger charge is -2.55. The normalized spacial score (nSPS) is 41.2. The summed E-state index contributed by atoms with van der Waals surface area (Å²) in [6.07, 6.45) is -0.278. The van der Waals surface area contributed by atoms with E-state index in [4.69, 9.17) is 0 Å². The van der Waals surface area contributed by atoms with Crippen LogP contribution in [-0.2, 0) is 5.41 Å². The fourth-order valence-electron chi connectivity index (χ4n) is 3.45. The van der Waals surface area contributed by atoms with Crippen molar-refractivity contribution in [3.05, 3.63) is 35.9 Å². The summed E-state index contributed by atoms with van der Waals surface area (Å²) in [6, 6.07) is 10.4. The number of hydrogen-bond donors (Lipinski definition) is 3. The van der Waals surface area contributed by atoms with E-state index in [1.807, 2.05) is 6.07 Å². The Balaban J connectivity index is 2.05. The smallest absolute Gasteiger partial charge is 0.0739 e. The molecule has 3 nitrogen and oxygen atoms in total. The zero-order valence-corrected chi connectivity index (χ0v) is 10.2. The minimum absolute atomic E-state index is 0.0632. The van der Waals surface area contributed by atoms with Crippen LogP contribution >= 0.6 is 0 Å². The number of benzene rings is 1. The molecule has 2 heterocycles. The van der Waals surface area contributed by atoms with Gasteiger partial charge in [-0.3, -0.25) is 0 Å². The maximum absolute atomic E-state index is 10.8. The van der Waals surface area contributed by atoms with Gasteiger partial charge in [0, 0.05) is 37.0 Å². The molecule has 0 aromatic heterocycles. The van der Waals surface area contributed by atoms with Crippen LogP contribution in [0.4, 0.5) is 0 Å². The number of fused-ring (bicyclic) bond motifs is 2. The molecule has 0 radical (unpaired) electrons. The number of aliphatic hydroxyl groups is 1. The molecule has 2 fully saturated rings. The van der Waals surface area contributed by atoms with Gasteiger partial charge in [0.15, 0.2) is 0 Å². The second kappa shape index (κ2) is 3.80. The van der Waals surface area contributed by atoms with Crippen molar-refractivity contribution >= 4 is 0 Å². The highest BCUT2D eigenvalue weighted by Crippen LogP contribution is 2.42.